The van der Waals surface area contributed by atoms with E-state index >= 15 is 0 Å². The van der Waals surface area contributed by atoms with Crippen molar-refractivity contribution in [3.05, 3.63) is 35.4 Å². The smallest absolute Gasteiger partial charge is 0.320 e. The van der Waals surface area contributed by atoms with Gasteiger partial charge < -0.3 is 19.5 Å². The Morgan fingerprint density at radius 1 is 1.21 bits per heavy atom. The summed E-state index contributed by atoms with van der Waals surface area (Å²) in [6.45, 7) is 6.85. The Hall–Kier alpha value is -2.78. The van der Waals surface area contributed by atoms with Crippen LogP contribution in [0.3, 0.4) is 0 Å². The summed E-state index contributed by atoms with van der Waals surface area (Å²) in [6, 6.07) is 7.42. The van der Waals surface area contributed by atoms with E-state index in [2.05, 4.69) is 25.1 Å². The van der Waals surface area contributed by atoms with Gasteiger partial charge in [0.25, 0.3) is 0 Å². The Bertz CT molecular complexity index is 837. The van der Waals surface area contributed by atoms with Gasteiger partial charge in [0.1, 0.15) is 18.2 Å². The van der Waals surface area contributed by atoms with Gasteiger partial charge in [-0.2, -0.15) is 15.1 Å². The fraction of sp³-hybridized carbons (Fsp3) is 0.500. The highest BCUT2D eigenvalue weighted by Gasteiger charge is 2.12. The molecule has 0 radical (unpaired) electrons. The zero-order chi connectivity index (χ0) is 20.6. The number of azo groups is 1. The summed E-state index contributed by atoms with van der Waals surface area (Å²) in [7, 11) is 3.79. The average molecular weight is 400 g/mol. The van der Waals surface area contributed by atoms with E-state index < -0.39 is 0 Å². The summed E-state index contributed by atoms with van der Waals surface area (Å²) in [4.78, 5) is 12.9. The molecule has 9 heteroatoms. The molecule has 1 aromatic heterocycles. The van der Waals surface area contributed by atoms with Gasteiger partial charge in [-0.05, 0) is 13.0 Å². The molecular weight excluding hydrogens is 372 g/mol. The number of aromatic hydroxyl groups is 1. The monoisotopic (exact) mass is 400 g/mol. The van der Waals surface area contributed by atoms with Crippen LogP contribution in [0.15, 0.2) is 34.5 Å². The van der Waals surface area contributed by atoms with Crippen molar-refractivity contribution < 1.29 is 14.6 Å². The molecule has 1 aliphatic heterocycles. The third-order valence-electron chi connectivity index (χ3n) is 4.53. The molecule has 0 spiro atoms. The first-order chi connectivity index (χ1) is 14.0. The average Bonchev–Trinajstić information content (AvgIpc) is 2.71. The second-order valence-corrected chi connectivity index (χ2v) is 7.10. The van der Waals surface area contributed by atoms with Gasteiger partial charge in [-0.25, -0.2) is 0 Å². The summed E-state index contributed by atoms with van der Waals surface area (Å²) in [6.07, 6.45) is 0. The standard InChI is InChI=1S/C20H28N6O3/c1-15-4-5-17(27)16(12-15)14-21-24-18-13-19(25(2)3)23-20(22-18)29-11-8-26-6-9-28-10-7-26/h4-5,12-13,27H,6-11,14H2,1-3H3. The molecule has 0 saturated carbocycles. The van der Waals surface area contributed by atoms with Crippen LogP contribution in [-0.4, -0.2) is 73.5 Å². The molecule has 0 unspecified atom stereocenters. The number of anilines is 1. The number of aryl methyl sites for hydroxylation is 1. The molecule has 156 valence electrons. The van der Waals surface area contributed by atoms with E-state index in [4.69, 9.17) is 9.47 Å². The number of phenolic OH excluding ortho intramolecular Hbond substituents is 1. The van der Waals surface area contributed by atoms with Crippen LogP contribution in [0.1, 0.15) is 11.1 Å². The molecule has 1 N–H and O–H groups in total. The van der Waals surface area contributed by atoms with E-state index in [0.29, 0.717) is 18.2 Å². The van der Waals surface area contributed by atoms with Crippen molar-refractivity contribution in [1.82, 2.24) is 14.9 Å². The van der Waals surface area contributed by atoms with Gasteiger partial charge in [0.15, 0.2) is 5.82 Å². The third-order valence-corrected chi connectivity index (χ3v) is 4.53. The molecule has 1 fully saturated rings. The van der Waals surface area contributed by atoms with Crippen molar-refractivity contribution in [3.8, 4) is 11.8 Å². The second kappa shape index (κ2) is 10.1. The molecule has 1 aromatic carbocycles. The van der Waals surface area contributed by atoms with Gasteiger partial charge in [0, 0.05) is 45.4 Å². The lowest BCUT2D eigenvalue weighted by Crippen LogP contribution is -2.38. The van der Waals surface area contributed by atoms with Crippen molar-refractivity contribution in [2.45, 2.75) is 13.5 Å². The van der Waals surface area contributed by atoms with Crippen LogP contribution < -0.4 is 9.64 Å². The third kappa shape index (κ3) is 6.37. The maximum Gasteiger partial charge on any atom is 0.320 e. The van der Waals surface area contributed by atoms with Gasteiger partial charge in [0.2, 0.25) is 0 Å². The van der Waals surface area contributed by atoms with Crippen molar-refractivity contribution in [2.24, 2.45) is 10.2 Å². The summed E-state index contributed by atoms with van der Waals surface area (Å²) in [5.74, 6) is 1.31. The summed E-state index contributed by atoms with van der Waals surface area (Å²) >= 11 is 0. The number of phenols is 1. The normalized spacial score (nSPS) is 15.0. The number of aromatic nitrogens is 2. The van der Waals surface area contributed by atoms with Gasteiger partial charge in [-0.1, -0.05) is 17.7 Å². The Balaban J connectivity index is 1.64. The molecule has 1 aliphatic rings. The highest BCUT2D eigenvalue weighted by molar-refractivity contribution is 5.46. The first kappa shape index (κ1) is 20.9. The zero-order valence-corrected chi connectivity index (χ0v) is 17.2. The van der Waals surface area contributed by atoms with Crippen molar-refractivity contribution in [3.63, 3.8) is 0 Å². The molecular formula is C20H28N6O3. The first-order valence-electron chi connectivity index (χ1n) is 9.66. The van der Waals surface area contributed by atoms with Crippen LogP contribution in [0, 0.1) is 6.92 Å². The van der Waals surface area contributed by atoms with E-state index in [0.717, 1.165) is 44.0 Å². The minimum absolute atomic E-state index is 0.207. The molecule has 0 bridgehead atoms. The number of hydrogen-bond acceptors (Lipinski definition) is 9. The Labute approximate surface area is 171 Å². The molecule has 2 aromatic rings. The quantitative estimate of drug-likeness (QED) is 0.680. The molecule has 9 nitrogen and oxygen atoms in total. The molecule has 1 saturated heterocycles. The minimum atomic E-state index is 0.207. The summed E-state index contributed by atoms with van der Waals surface area (Å²) in [5.41, 5.74) is 1.78. The minimum Gasteiger partial charge on any atom is -0.508 e. The maximum atomic E-state index is 9.93. The van der Waals surface area contributed by atoms with Crippen molar-refractivity contribution >= 4 is 11.6 Å². The van der Waals surface area contributed by atoms with E-state index in [1.54, 1.807) is 12.1 Å². The highest BCUT2D eigenvalue weighted by Crippen LogP contribution is 2.22. The molecule has 0 amide bonds. The molecule has 29 heavy (non-hydrogen) atoms. The number of hydrogen-bond donors (Lipinski definition) is 1. The second-order valence-electron chi connectivity index (χ2n) is 7.10. The Morgan fingerprint density at radius 3 is 2.76 bits per heavy atom. The fourth-order valence-electron chi connectivity index (χ4n) is 2.86. The Kier molecular flexibility index (Phi) is 7.31. The largest absolute Gasteiger partial charge is 0.508 e. The van der Waals surface area contributed by atoms with Crippen LogP contribution in [0.2, 0.25) is 0 Å². The topological polar surface area (TPSA) is 95.7 Å². The van der Waals surface area contributed by atoms with Gasteiger partial charge in [-0.15, -0.1) is 5.11 Å². The lowest BCUT2D eigenvalue weighted by Gasteiger charge is -2.26. The molecule has 0 atom stereocenters. The van der Waals surface area contributed by atoms with E-state index in [-0.39, 0.29) is 18.3 Å². The number of rotatable bonds is 8. The predicted octanol–water partition coefficient (Wildman–Crippen LogP) is 2.55. The van der Waals surface area contributed by atoms with E-state index in [9.17, 15) is 5.11 Å². The van der Waals surface area contributed by atoms with Crippen LogP contribution >= 0.6 is 0 Å². The van der Waals surface area contributed by atoms with Gasteiger partial charge in [0.05, 0.1) is 19.8 Å². The Morgan fingerprint density at radius 2 is 2.00 bits per heavy atom. The molecule has 2 heterocycles. The fourth-order valence-corrected chi connectivity index (χ4v) is 2.86. The van der Waals surface area contributed by atoms with Crippen LogP contribution in [0.5, 0.6) is 11.8 Å². The lowest BCUT2D eigenvalue weighted by atomic mass is 10.1. The number of nitrogens with zero attached hydrogens (tertiary/aromatic N) is 6. The lowest BCUT2D eigenvalue weighted by molar-refractivity contribution is 0.0317. The van der Waals surface area contributed by atoms with Crippen LogP contribution in [0.25, 0.3) is 0 Å². The van der Waals surface area contributed by atoms with Crippen LogP contribution in [0.4, 0.5) is 11.6 Å². The van der Waals surface area contributed by atoms with E-state index in [1.807, 2.05) is 38.1 Å². The summed E-state index contributed by atoms with van der Waals surface area (Å²) in [5, 5.41) is 18.3. The van der Waals surface area contributed by atoms with Gasteiger partial charge >= 0.3 is 6.01 Å². The number of morpholine rings is 1. The van der Waals surface area contributed by atoms with Crippen LogP contribution in [-0.2, 0) is 11.3 Å². The number of benzene rings is 1. The van der Waals surface area contributed by atoms with Crippen molar-refractivity contribution in [2.75, 3.05) is 58.5 Å². The van der Waals surface area contributed by atoms with Crippen molar-refractivity contribution in [1.29, 1.82) is 0 Å². The SMILES string of the molecule is Cc1ccc(O)c(CN=Nc2cc(N(C)C)nc(OCCN3CCOCC3)n2)c1. The van der Waals surface area contributed by atoms with Gasteiger partial charge in [-0.3, -0.25) is 4.90 Å². The molecule has 0 aliphatic carbocycles. The first-order valence-corrected chi connectivity index (χ1v) is 9.66. The predicted molar refractivity (Wildman–Crippen MR) is 110 cm³/mol. The summed E-state index contributed by atoms with van der Waals surface area (Å²) < 4.78 is 11.1. The highest BCUT2D eigenvalue weighted by atomic mass is 16.5. The number of ether oxygens (including phenoxy) is 2. The maximum absolute atomic E-state index is 9.93. The molecule has 3 rings (SSSR count). The van der Waals surface area contributed by atoms with E-state index in [1.165, 1.54) is 0 Å². The zero-order valence-electron chi connectivity index (χ0n) is 17.2.